The van der Waals surface area contributed by atoms with Gasteiger partial charge in [-0.1, -0.05) is 28.9 Å². The van der Waals surface area contributed by atoms with Crippen LogP contribution in [0, 0.1) is 12.7 Å². The number of nitrogens with one attached hydrogen (secondary N) is 1. The Labute approximate surface area is 162 Å². The first-order chi connectivity index (χ1) is 13.6. The Bertz CT molecular complexity index is 1070. The van der Waals surface area contributed by atoms with E-state index >= 15 is 0 Å². The second kappa shape index (κ2) is 7.74. The number of aromatic amines is 1. The molecule has 0 radical (unpaired) electrons. The lowest BCUT2D eigenvalue weighted by atomic mass is 10.1. The molecule has 0 aliphatic heterocycles. The fourth-order valence-electron chi connectivity index (χ4n) is 3.10. The summed E-state index contributed by atoms with van der Waals surface area (Å²) in [6.45, 7) is 3.17. The Balaban J connectivity index is 1.45. The molecule has 1 N–H and O–H groups in total. The van der Waals surface area contributed by atoms with Crippen LogP contribution in [0.2, 0.25) is 0 Å². The maximum Gasteiger partial charge on any atom is 0.241 e. The van der Waals surface area contributed by atoms with Crippen molar-refractivity contribution in [2.45, 2.75) is 20.0 Å². The molecule has 2 heterocycles. The lowest BCUT2D eigenvalue weighted by molar-refractivity contribution is 0.261. The van der Waals surface area contributed by atoms with Gasteiger partial charge < -0.3 is 4.52 Å². The van der Waals surface area contributed by atoms with Gasteiger partial charge in [0.15, 0.2) is 0 Å². The first-order valence-corrected chi connectivity index (χ1v) is 8.95. The largest absolute Gasteiger partial charge is 0.338 e. The minimum atomic E-state index is -0.261. The van der Waals surface area contributed by atoms with E-state index in [1.165, 1.54) is 12.1 Å². The van der Waals surface area contributed by atoms with Crippen LogP contribution < -0.4 is 0 Å². The molecule has 6 nitrogen and oxygen atoms in total. The third kappa shape index (κ3) is 3.99. The Kier molecular flexibility index (Phi) is 4.99. The number of hydrogen-bond donors (Lipinski definition) is 1. The highest BCUT2D eigenvalue weighted by atomic mass is 19.1. The van der Waals surface area contributed by atoms with Crippen molar-refractivity contribution in [3.8, 4) is 22.6 Å². The van der Waals surface area contributed by atoms with Gasteiger partial charge in [-0.25, -0.2) is 4.39 Å². The molecular weight excluding hydrogens is 357 g/mol. The van der Waals surface area contributed by atoms with Crippen LogP contribution in [-0.2, 0) is 13.1 Å². The molecule has 0 saturated carbocycles. The van der Waals surface area contributed by atoms with Crippen molar-refractivity contribution in [2.75, 3.05) is 7.05 Å². The molecule has 4 rings (SSSR count). The molecule has 0 bridgehead atoms. The molecule has 0 aliphatic carbocycles. The first-order valence-electron chi connectivity index (χ1n) is 8.95. The van der Waals surface area contributed by atoms with E-state index in [0.29, 0.717) is 24.8 Å². The number of aromatic nitrogens is 4. The zero-order valence-electron chi connectivity index (χ0n) is 15.7. The van der Waals surface area contributed by atoms with E-state index in [9.17, 15) is 4.39 Å². The molecule has 2 aromatic heterocycles. The van der Waals surface area contributed by atoms with Crippen molar-refractivity contribution in [3.63, 3.8) is 0 Å². The van der Waals surface area contributed by atoms with E-state index in [0.717, 1.165) is 27.9 Å². The standard InChI is InChI=1S/C21H20FN5O/c1-14-4-3-5-16(10-14)21-24-19(28-26-21)13-27(2)12-17-11-23-25-20(17)15-6-8-18(22)9-7-15/h3-11H,12-13H2,1-2H3,(H,23,25). The molecular formula is C21H20FN5O. The van der Waals surface area contributed by atoms with Crippen LogP contribution >= 0.6 is 0 Å². The number of aryl methyl sites for hydroxylation is 1. The number of hydrogen-bond acceptors (Lipinski definition) is 5. The van der Waals surface area contributed by atoms with Gasteiger partial charge in [-0.05, 0) is 44.3 Å². The van der Waals surface area contributed by atoms with E-state index in [2.05, 4.69) is 25.2 Å². The Hall–Kier alpha value is -3.32. The minimum Gasteiger partial charge on any atom is -0.338 e. The fourth-order valence-corrected chi connectivity index (χ4v) is 3.10. The number of benzene rings is 2. The normalized spacial score (nSPS) is 11.3. The molecule has 4 aromatic rings. The number of H-pyrrole nitrogens is 1. The fraction of sp³-hybridized carbons (Fsp3) is 0.190. The van der Waals surface area contributed by atoms with Crippen molar-refractivity contribution in [1.29, 1.82) is 0 Å². The lowest BCUT2D eigenvalue weighted by Gasteiger charge is -2.14. The Morgan fingerprint density at radius 2 is 1.89 bits per heavy atom. The summed E-state index contributed by atoms with van der Waals surface area (Å²) in [4.78, 5) is 6.56. The zero-order valence-corrected chi connectivity index (χ0v) is 15.7. The SMILES string of the molecule is Cc1cccc(-c2noc(CN(C)Cc3cn[nH]c3-c3ccc(F)cc3)n2)c1. The molecule has 7 heteroatoms. The highest BCUT2D eigenvalue weighted by Gasteiger charge is 2.14. The molecule has 0 atom stereocenters. The van der Waals surface area contributed by atoms with Gasteiger partial charge in [0, 0.05) is 23.2 Å². The highest BCUT2D eigenvalue weighted by molar-refractivity contribution is 5.62. The van der Waals surface area contributed by atoms with Gasteiger partial charge in [-0.3, -0.25) is 10.00 Å². The topological polar surface area (TPSA) is 70.8 Å². The molecule has 0 unspecified atom stereocenters. The summed E-state index contributed by atoms with van der Waals surface area (Å²) in [6, 6.07) is 14.3. The van der Waals surface area contributed by atoms with E-state index in [1.54, 1.807) is 18.3 Å². The van der Waals surface area contributed by atoms with Crippen molar-refractivity contribution < 1.29 is 8.91 Å². The van der Waals surface area contributed by atoms with E-state index in [1.807, 2.05) is 38.2 Å². The summed E-state index contributed by atoms with van der Waals surface area (Å²) in [5.74, 6) is 0.871. The van der Waals surface area contributed by atoms with Crippen molar-refractivity contribution in [1.82, 2.24) is 25.2 Å². The summed E-state index contributed by atoms with van der Waals surface area (Å²) in [5.41, 5.74) is 4.85. The number of nitrogens with zero attached hydrogens (tertiary/aromatic N) is 4. The van der Waals surface area contributed by atoms with Gasteiger partial charge in [0.25, 0.3) is 0 Å². The smallest absolute Gasteiger partial charge is 0.241 e. The van der Waals surface area contributed by atoms with E-state index in [-0.39, 0.29) is 5.82 Å². The highest BCUT2D eigenvalue weighted by Crippen LogP contribution is 2.23. The van der Waals surface area contributed by atoms with Crippen LogP contribution in [0.3, 0.4) is 0 Å². The van der Waals surface area contributed by atoms with Crippen LogP contribution in [0.15, 0.2) is 59.3 Å². The number of halogens is 1. The van der Waals surface area contributed by atoms with E-state index < -0.39 is 0 Å². The molecule has 28 heavy (non-hydrogen) atoms. The maximum atomic E-state index is 13.2. The summed E-state index contributed by atoms with van der Waals surface area (Å²) >= 11 is 0. The second-order valence-electron chi connectivity index (χ2n) is 6.83. The van der Waals surface area contributed by atoms with Crippen molar-refractivity contribution in [2.24, 2.45) is 0 Å². The van der Waals surface area contributed by atoms with Crippen LogP contribution in [0.5, 0.6) is 0 Å². The molecule has 0 spiro atoms. The van der Waals surface area contributed by atoms with Gasteiger partial charge in [-0.2, -0.15) is 10.1 Å². The maximum absolute atomic E-state index is 13.2. The van der Waals surface area contributed by atoms with Gasteiger partial charge >= 0.3 is 0 Å². The average molecular weight is 377 g/mol. The third-order valence-corrected chi connectivity index (χ3v) is 4.44. The quantitative estimate of drug-likeness (QED) is 0.545. The van der Waals surface area contributed by atoms with Crippen LogP contribution in [0.25, 0.3) is 22.6 Å². The number of rotatable bonds is 6. The van der Waals surface area contributed by atoms with Gasteiger partial charge in [0.2, 0.25) is 11.7 Å². The molecule has 0 fully saturated rings. The first kappa shape index (κ1) is 18.1. The van der Waals surface area contributed by atoms with Crippen LogP contribution in [0.1, 0.15) is 17.0 Å². The van der Waals surface area contributed by atoms with Gasteiger partial charge in [-0.15, -0.1) is 0 Å². The van der Waals surface area contributed by atoms with Crippen molar-refractivity contribution >= 4 is 0 Å². The van der Waals surface area contributed by atoms with Crippen molar-refractivity contribution in [3.05, 3.63) is 77.6 Å². The predicted octanol–water partition coefficient (Wildman–Crippen LogP) is 4.21. The van der Waals surface area contributed by atoms with Gasteiger partial charge in [0.1, 0.15) is 5.82 Å². The van der Waals surface area contributed by atoms with Crippen LogP contribution in [-0.4, -0.2) is 32.3 Å². The molecule has 0 amide bonds. The zero-order chi connectivity index (χ0) is 19.5. The summed E-state index contributed by atoms with van der Waals surface area (Å²) in [7, 11) is 1.97. The summed E-state index contributed by atoms with van der Waals surface area (Å²) < 4.78 is 18.6. The average Bonchev–Trinajstić information content (AvgIpc) is 3.32. The van der Waals surface area contributed by atoms with Gasteiger partial charge in [0.05, 0.1) is 18.4 Å². The predicted molar refractivity (Wildman–Crippen MR) is 104 cm³/mol. The second-order valence-corrected chi connectivity index (χ2v) is 6.83. The summed E-state index contributed by atoms with van der Waals surface area (Å²) in [6.07, 6.45) is 1.78. The molecule has 0 aliphatic rings. The molecule has 0 saturated heterocycles. The lowest BCUT2D eigenvalue weighted by Crippen LogP contribution is -2.17. The monoisotopic (exact) mass is 377 g/mol. The van der Waals surface area contributed by atoms with Crippen LogP contribution in [0.4, 0.5) is 4.39 Å². The third-order valence-electron chi connectivity index (χ3n) is 4.44. The minimum absolute atomic E-state index is 0.261. The molecule has 142 valence electrons. The Morgan fingerprint density at radius 3 is 2.68 bits per heavy atom. The summed E-state index contributed by atoms with van der Waals surface area (Å²) in [5, 5.41) is 11.2. The Morgan fingerprint density at radius 1 is 1.07 bits per heavy atom. The van der Waals surface area contributed by atoms with E-state index in [4.69, 9.17) is 4.52 Å². The molecule has 2 aromatic carbocycles.